The fraction of sp³-hybridized carbons (Fsp3) is 0.435. The quantitative estimate of drug-likeness (QED) is 0.722. The Morgan fingerprint density at radius 1 is 1.14 bits per heavy atom. The zero-order chi connectivity index (χ0) is 20.0. The summed E-state index contributed by atoms with van der Waals surface area (Å²) in [6.07, 6.45) is 3.34. The largest absolute Gasteiger partial charge is 0.339 e. The zero-order valence-electron chi connectivity index (χ0n) is 17.0. The first-order chi connectivity index (χ1) is 14.0. The maximum Gasteiger partial charge on any atom is 0.259 e. The third-order valence-electron chi connectivity index (χ3n) is 6.64. The van der Waals surface area contributed by atoms with Crippen LogP contribution in [-0.4, -0.2) is 47.1 Å². The number of amides is 1. The summed E-state index contributed by atoms with van der Waals surface area (Å²) in [5.74, 6) is 0.0536. The number of carbonyl (C=O) groups excluding carboxylic acids is 1. The average Bonchev–Trinajstić information content (AvgIpc) is 3.35. The molecule has 1 aromatic carbocycles. The highest BCUT2D eigenvalue weighted by Crippen LogP contribution is 2.38. The molecule has 6 nitrogen and oxygen atoms in total. The third-order valence-corrected chi connectivity index (χ3v) is 6.64. The van der Waals surface area contributed by atoms with Gasteiger partial charge in [-0.2, -0.15) is 0 Å². The topological polar surface area (TPSA) is 71.3 Å². The van der Waals surface area contributed by atoms with E-state index < -0.39 is 0 Å². The number of aryl methyl sites for hydroxylation is 2. The van der Waals surface area contributed by atoms with E-state index in [0.29, 0.717) is 22.4 Å². The van der Waals surface area contributed by atoms with Gasteiger partial charge in [-0.15, -0.1) is 0 Å². The zero-order valence-corrected chi connectivity index (χ0v) is 17.0. The summed E-state index contributed by atoms with van der Waals surface area (Å²) >= 11 is 0. The second kappa shape index (κ2) is 6.95. The molecular weight excluding hydrogens is 364 g/mol. The van der Waals surface area contributed by atoms with E-state index in [4.69, 9.17) is 4.52 Å². The van der Waals surface area contributed by atoms with Crippen LogP contribution in [0, 0.1) is 19.3 Å². The van der Waals surface area contributed by atoms with Gasteiger partial charge in [0.15, 0.2) is 0 Å². The molecule has 2 aromatic heterocycles. The van der Waals surface area contributed by atoms with E-state index in [9.17, 15) is 4.79 Å². The van der Waals surface area contributed by atoms with E-state index in [1.807, 2.05) is 42.2 Å². The molecule has 29 heavy (non-hydrogen) atoms. The molecule has 5 rings (SSSR count). The molecule has 2 fully saturated rings. The molecule has 4 heterocycles. The fourth-order valence-corrected chi connectivity index (χ4v) is 4.71. The predicted molar refractivity (Wildman–Crippen MR) is 112 cm³/mol. The van der Waals surface area contributed by atoms with Crippen LogP contribution in [0.15, 0.2) is 34.9 Å². The standard InChI is InChI=1S/C23H26N4O2/c1-15-3-5-17(6-4-15)19-13-18(20-16(2)26-29-21(20)25-19)22(28)27-11-8-23(9-12-27)7-10-24-14-23/h3-6,13,24H,7-12,14H2,1-2H3. The molecule has 1 N–H and O–H groups in total. The van der Waals surface area contributed by atoms with Crippen LogP contribution in [0.5, 0.6) is 0 Å². The van der Waals surface area contributed by atoms with Crippen molar-refractivity contribution in [2.75, 3.05) is 26.2 Å². The van der Waals surface area contributed by atoms with Gasteiger partial charge in [-0.3, -0.25) is 4.79 Å². The van der Waals surface area contributed by atoms with Crippen LogP contribution >= 0.6 is 0 Å². The third kappa shape index (κ3) is 3.21. The maximum absolute atomic E-state index is 13.5. The molecule has 6 heteroatoms. The number of fused-ring (bicyclic) bond motifs is 1. The van der Waals surface area contributed by atoms with Gasteiger partial charge in [-0.05, 0) is 51.1 Å². The number of rotatable bonds is 2. The minimum absolute atomic E-state index is 0.0536. The van der Waals surface area contributed by atoms with Crippen molar-refractivity contribution in [2.45, 2.75) is 33.1 Å². The summed E-state index contributed by atoms with van der Waals surface area (Å²) in [5.41, 5.74) is 5.05. The van der Waals surface area contributed by atoms with Crippen molar-refractivity contribution in [3.8, 4) is 11.3 Å². The summed E-state index contributed by atoms with van der Waals surface area (Å²) in [5, 5.41) is 8.29. The number of likely N-dealkylation sites (tertiary alicyclic amines) is 1. The predicted octanol–water partition coefficient (Wildman–Crippen LogP) is 3.72. The van der Waals surface area contributed by atoms with Crippen LogP contribution in [-0.2, 0) is 0 Å². The smallest absolute Gasteiger partial charge is 0.259 e. The molecule has 0 radical (unpaired) electrons. The first-order valence-electron chi connectivity index (χ1n) is 10.4. The number of benzene rings is 1. The summed E-state index contributed by atoms with van der Waals surface area (Å²) in [7, 11) is 0. The lowest BCUT2D eigenvalue weighted by Crippen LogP contribution is -2.44. The van der Waals surface area contributed by atoms with Crippen molar-refractivity contribution in [3.05, 3.63) is 47.2 Å². The van der Waals surface area contributed by atoms with Gasteiger partial charge in [0.25, 0.3) is 11.6 Å². The van der Waals surface area contributed by atoms with Gasteiger partial charge in [0, 0.05) is 25.2 Å². The van der Waals surface area contributed by atoms with Crippen molar-refractivity contribution in [1.82, 2.24) is 20.4 Å². The van der Waals surface area contributed by atoms with E-state index in [-0.39, 0.29) is 5.91 Å². The molecule has 150 valence electrons. The highest BCUT2D eigenvalue weighted by Gasteiger charge is 2.38. The highest BCUT2D eigenvalue weighted by atomic mass is 16.5. The molecule has 2 saturated heterocycles. The molecule has 0 atom stereocenters. The van der Waals surface area contributed by atoms with E-state index in [1.165, 1.54) is 12.0 Å². The van der Waals surface area contributed by atoms with Crippen LogP contribution in [0.3, 0.4) is 0 Å². The number of hydrogen-bond donors (Lipinski definition) is 1. The molecule has 1 spiro atoms. The summed E-state index contributed by atoms with van der Waals surface area (Å²) in [6, 6.07) is 10.1. The van der Waals surface area contributed by atoms with Crippen molar-refractivity contribution in [1.29, 1.82) is 0 Å². The van der Waals surface area contributed by atoms with Gasteiger partial charge in [0.2, 0.25) is 0 Å². The SMILES string of the molecule is Cc1ccc(-c2cc(C(=O)N3CCC4(CCNC4)CC3)c3c(C)noc3n2)cc1. The minimum atomic E-state index is 0.0536. The highest BCUT2D eigenvalue weighted by molar-refractivity contribution is 6.07. The number of nitrogens with zero attached hydrogens (tertiary/aromatic N) is 3. The van der Waals surface area contributed by atoms with Gasteiger partial charge in [0.1, 0.15) is 0 Å². The number of hydrogen-bond acceptors (Lipinski definition) is 5. The lowest BCUT2D eigenvalue weighted by Gasteiger charge is -2.39. The van der Waals surface area contributed by atoms with Gasteiger partial charge in [-0.1, -0.05) is 35.0 Å². The summed E-state index contributed by atoms with van der Waals surface area (Å²) in [4.78, 5) is 20.1. The van der Waals surface area contributed by atoms with Crippen molar-refractivity contribution < 1.29 is 9.32 Å². The number of piperidine rings is 1. The first-order valence-corrected chi connectivity index (χ1v) is 10.4. The molecule has 1 amide bonds. The molecule has 0 bridgehead atoms. The van der Waals surface area contributed by atoms with Crippen LogP contribution in [0.4, 0.5) is 0 Å². The number of pyridine rings is 1. The summed E-state index contributed by atoms with van der Waals surface area (Å²) < 4.78 is 5.45. The van der Waals surface area contributed by atoms with Crippen LogP contribution in [0.25, 0.3) is 22.4 Å². The van der Waals surface area contributed by atoms with Gasteiger partial charge in [0.05, 0.1) is 22.3 Å². The van der Waals surface area contributed by atoms with Crippen molar-refractivity contribution in [2.24, 2.45) is 5.41 Å². The molecule has 0 aliphatic carbocycles. The van der Waals surface area contributed by atoms with Crippen molar-refractivity contribution >= 4 is 17.0 Å². The molecule has 2 aliphatic rings. The molecule has 0 saturated carbocycles. The maximum atomic E-state index is 13.5. The molecule has 3 aromatic rings. The Bertz CT molecular complexity index is 1050. The van der Waals surface area contributed by atoms with Gasteiger partial charge >= 0.3 is 0 Å². The Morgan fingerprint density at radius 3 is 2.59 bits per heavy atom. The molecular formula is C23H26N4O2. The number of aromatic nitrogens is 2. The second-order valence-corrected chi connectivity index (χ2v) is 8.59. The van der Waals surface area contributed by atoms with Crippen LogP contribution in [0.2, 0.25) is 0 Å². The Hall–Kier alpha value is -2.73. The fourth-order valence-electron chi connectivity index (χ4n) is 4.71. The van der Waals surface area contributed by atoms with E-state index in [0.717, 1.165) is 55.7 Å². The first kappa shape index (κ1) is 18.3. The van der Waals surface area contributed by atoms with Gasteiger partial charge < -0.3 is 14.7 Å². The Labute approximate surface area is 170 Å². The average molecular weight is 390 g/mol. The molecule has 0 unspecified atom stereocenters. The van der Waals surface area contributed by atoms with Crippen molar-refractivity contribution in [3.63, 3.8) is 0 Å². The Kier molecular flexibility index (Phi) is 4.39. The van der Waals surface area contributed by atoms with E-state index in [1.54, 1.807) is 0 Å². The number of carbonyl (C=O) groups is 1. The van der Waals surface area contributed by atoms with E-state index >= 15 is 0 Å². The lowest BCUT2D eigenvalue weighted by molar-refractivity contribution is 0.0609. The van der Waals surface area contributed by atoms with Crippen LogP contribution in [0.1, 0.15) is 40.9 Å². The number of nitrogens with one attached hydrogen (secondary N) is 1. The van der Waals surface area contributed by atoms with Gasteiger partial charge in [-0.25, -0.2) is 4.98 Å². The molecule has 2 aliphatic heterocycles. The monoisotopic (exact) mass is 390 g/mol. The minimum Gasteiger partial charge on any atom is -0.339 e. The second-order valence-electron chi connectivity index (χ2n) is 8.59. The normalized spacial score (nSPS) is 18.6. The Morgan fingerprint density at radius 2 is 1.90 bits per heavy atom. The summed E-state index contributed by atoms with van der Waals surface area (Å²) in [6.45, 7) is 7.70. The lowest BCUT2D eigenvalue weighted by atomic mass is 9.77. The van der Waals surface area contributed by atoms with E-state index in [2.05, 4.69) is 22.4 Å². The van der Waals surface area contributed by atoms with Crippen LogP contribution < -0.4 is 5.32 Å². The Balaban J connectivity index is 1.50.